The van der Waals surface area contributed by atoms with Gasteiger partial charge in [-0.25, -0.2) is 15.0 Å². The van der Waals surface area contributed by atoms with Crippen LogP contribution in [-0.4, -0.2) is 34.3 Å². The molecule has 178 valence electrons. The second-order valence-corrected chi connectivity index (χ2v) is 9.89. The van der Waals surface area contributed by atoms with E-state index in [0.29, 0.717) is 11.6 Å². The monoisotopic (exact) mass is 485 g/mol. The number of hydrogen-bond donors (Lipinski definition) is 1. The first-order valence-corrected chi connectivity index (χ1v) is 12.3. The summed E-state index contributed by atoms with van der Waals surface area (Å²) in [7, 11) is 3.22. The van der Waals surface area contributed by atoms with E-state index in [1.807, 2.05) is 43.3 Å². The Bertz CT molecular complexity index is 1540. The van der Waals surface area contributed by atoms with Crippen LogP contribution in [0.3, 0.4) is 0 Å². The largest absolute Gasteiger partial charge is 0.497 e. The number of aliphatic hydroxyl groups excluding tert-OH is 1. The smallest absolute Gasteiger partial charge is 0.232 e. The first-order chi connectivity index (χ1) is 16.9. The Morgan fingerprint density at radius 2 is 1.66 bits per heavy atom. The third-order valence-electron chi connectivity index (χ3n) is 6.15. The minimum Gasteiger partial charge on any atom is -0.497 e. The Labute approximate surface area is 208 Å². The summed E-state index contributed by atoms with van der Waals surface area (Å²) in [5, 5.41) is 12.4. The molecular formula is C28H27N3O3S. The molecule has 0 saturated carbocycles. The Kier molecular flexibility index (Phi) is 6.13. The predicted octanol–water partition coefficient (Wildman–Crippen LogP) is 6.44. The van der Waals surface area contributed by atoms with Crippen molar-refractivity contribution in [2.45, 2.75) is 32.8 Å². The SMILES string of the molecule is COc1cc(C(O)c2ccccc2C(C)C)c2nc(-c3cc(C)cc4nc(OC)cnc34)sc2c1. The van der Waals surface area contributed by atoms with Gasteiger partial charge in [0.2, 0.25) is 5.88 Å². The van der Waals surface area contributed by atoms with Crippen LogP contribution in [0.4, 0.5) is 0 Å². The maximum Gasteiger partial charge on any atom is 0.232 e. The molecule has 0 aliphatic heterocycles. The molecule has 0 bridgehead atoms. The van der Waals surface area contributed by atoms with Gasteiger partial charge in [-0.05, 0) is 53.8 Å². The second kappa shape index (κ2) is 9.24. The number of methoxy groups -OCH3 is 2. The van der Waals surface area contributed by atoms with Crippen LogP contribution in [0.15, 0.2) is 54.7 Å². The van der Waals surface area contributed by atoms with Crippen molar-refractivity contribution >= 4 is 32.6 Å². The summed E-state index contributed by atoms with van der Waals surface area (Å²) in [6.45, 7) is 6.29. The Hall–Kier alpha value is -3.55. The Morgan fingerprint density at radius 1 is 0.886 bits per heavy atom. The van der Waals surface area contributed by atoms with Crippen molar-refractivity contribution in [1.82, 2.24) is 15.0 Å². The number of aromatic nitrogens is 3. The van der Waals surface area contributed by atoms with Gasteiger partial charge in [-0.2, -0.15) is 0 Å². The summed E-state index contributed by atoms with van der Waals surface area (Å²) in [4.78, 5) is 14.2. The maximum absolute atomic E-state index is 11.6. The Morgan fingerprint density at radius 3 is 2.37 bits per heavy atom. The lowest BCUT2D eigenvalue weighted by Gasteiger charge is -2.19. The number of nitrogens with zero attached hydrogens (tertiary/aromatic N) is 3. The zero-order valence-electron chi connectivity index (χ0n) is 20.4. The van der Waals surface area contributed by atoms with Crippen molar-refractivity contribution in [3.63, 3.8) is 0 Å². The number of rotatable bonds is 6. The topological polar surface area (TPSA) is 77.4 Å². The molecule has 0 radical (unpaired) electrons. The first-order valence-electron chi connectivity index (χ1n) is 11.5. The summed E-state index contributed by atoms with van der Waals surface area (Å²) in [5.74, 6) is 1.43. The van der Waals surface area contributed by atoms with E-state index in [1.54, 1.807) is 31.8 Å². The number of benzene rings is 3. The molecule has 6 nitrogen and oxygen atoms in total. The number of thiazole rings is 1. The average Bonchev–Trinajstić information content (AvgIpc) is 3.30. The molecule has 2 heterocycles. The van der Waals surface area contributed by atoms with Gasteiger partial charge in [0, 0.05) is 11.1 Å². The van der Waals surface area contributed by atoms with Crippen LogP contribution in [0.1, 0.15) is 48.1 Å². The second-order valence-electron chi connectivity index (χ2n) is 8.86. The van der Waals surface area contributed by atoms with Gasteiger partial charge in [-0.15, -0.1) is 11.3 Å². The molecule has 2 aromatic heterocycles. The van der Waals surface area contributed by atoms with Gasteiger partial charge in [-0.1, -0.05) is 38.1 Å². The highest BCUT2D eigenvalue weighted by atomic mass is 32.1. The molecular weight excluding hydrogens is 458 g/mol. The lowest BCUT2D eigenvalue weighted by Crippen LogP contribution is -2.06. The van der Waals surface area contributed by atoms with E-state index in [2.05, 4.69) is 35.9 Å². The number of hydrogen-bond acceptors (Lipinski definition) is 7. The molecule has 5 rings (SSSR count). The lowest BCUT2D eigenvalue weighted by atomic mass is 9.90. The summed E-state index contributed by atoms with van der Waals surface area (Å²) in [6.07, 6.45) is 0.787. The summed E-state index contributed by atoms with van der Waals surface area (Å²) >= 11 is 1.55. The Balaban J connectivity index is 1.72. The standard InChI is InChI=1S/C28H27N3O3S/c1-15(2)18-8-6-7-9-19(18)27(32)20-12-17(33-4)13-23-26(20)31-28(35-23)21-10-16(3)11-22-25(21)29-14-24(30-22)34-5/h6-15,27,32H,1-5H3. The van der Waals surface area contributed by atoms with Crippen molar-refractivity contribution in [3.05, 3.63) is 77.0 Å². The van der Waals surface area contributed by atoms with Crippen molar-refractivity contribution < 1.29 is 14.6 Å². The molecule has 35 heavy (non-hydrogen) atoms. The van der Waals surface area contributed by atoms with Crippen LogP contribution < -0.4 is 9.47 Å². The van der Waals surface area contributed by atoms with Crippen molar-refractivity contribution in [3.8, 4) is 22.2 Å². The zero-order chi connectivity index (χ0) is 24.7. The minimum absolute atomic E-state index is 0.280. The average molecular weight is 486 g/mol. The molecule has 1 unspecified atom stereocenters. The van der Waals surface area contributed by atoms with E-state index in [4.69, 9.17) is 14.5 Å². The number of aryl methyl sites for hydroxylation is 1. The number of fused-ring (bicyclic) bond motifs is 2. The van der Waals surface area contributed by atoms with Gasteiger partial charge in [0.25, 0.3) is 0 Å². The van der Waals surface area contributed by atoms with E-state index in [1.165, 1.54) is 0 Å². The van der Waals surface area contributed by atoms with E-state index in [9.17, 15) is 5.11 Å². The molecule has 5 aromatic rings. The summed E-state index contributed by atoms with van der Waals surface area (Å²) in [6, 6.07) is 15.9. The lowest BCUT2D eigenvalue weighted by molar-refractivity contribution is 0.219. The zero-order valence-corrected chi connectivity index (χ0v) is 21.2. The minimum atomic E-state index is -0.834. The highest BCUT2D eigenvalue weighted by Gasteiger charge is 2.23. The van der Waals surface area contributed by atoms with Gasteiger partial charge in [-0.3, -0.25) is 0 Å². The summed E-state index contributed by atoms with van der Waals surface area (Å²) < 4.78 is 11.8. The first kappa shape index (κ1) is 23.2. The van der Waals surface area contributed by atoms with E-state index in [-0.39, 0.29) is 5.92 Å². The molecule has 0 aliphatic carbocycles. The number of aliphatic hydroxyl groups is 1. The highest BCUT2D eigenvalue weighted by molar-refractivity contribution is 7.21. The fourth-order valence-corrected chi connectivity index (χ4v) is 5.48. The van der Waals surface area contributed by atoms with Gasteiger partial charge in [0.1, 0.15) is 16.9 Å². The molecule has 0 aliphatic rings. The van der Waals surface area contributed by atoms with Crippen LogP contribution in [0.5, 0.6) is 11.6 Å². The molecule has 3 aromatic carbocycles. The van der Waals surface area contributed by atoms with Gasteiger partial charge >= 0.3 is 0 Å². The van der Waals surface area contributed by atoms with Crippen LogP contribution in [0.2, 0.25) is 0 Å². The van der Waals surface area contributed by atoms with E-state index in [0.717, 1.165) is 54.1 Å². The molecule has 1 N–H and O–H groups in total. The van der Waals surface area contributed by atoms with Crippen LogP contribution in [-0.2, 0) is 0 Å². The van der Waals surface area contributed by atoms with Gasteiger partial charge in [0.15, 0.2) is 0 Å². The molecule has 0 spiro atoms. The summed E-state index contributed by atoms with van der Waals surface area (Å²) in [5.41, 5.74) is 6.94. The van der Waals surface area contributed by atoms with Crippen molar-refractivity contribution in [1.29, 1.82) is 0 Å². The molecule has 0 saturated heterocycles. The maximum atomic E-state index is 11.6. The van der Waals surface area contributed by atoms with Gasteiger partial charge < -0.3 is 14.6 Å². The normalized spacial score (nSPS) is 12.4. The molecule has 0 fully saturated rings. The van der Waals surface area contributed by atoms with E-state index < -0.39 is 6.10 Å². The quantitative estimate of drug-likeness (QED) is 0.298. The van der Waals surface area contributed by atoms with Crippen LogP contribution in [0.25, 0.3) is 31.8 Å². The third-order valence-corrected chi connectivity index (χ3v) is 7.18. The van der Waals surface area contributed by atoms with E-state index >= 15 is 0 Å². The highest BCUT2D eigenvalue weighted by Crippen LogP contribution is 2.41. The molecule has 0 amide bonds. The number of ether oxygens (including phenoxy) is 2. The van der Waals surface area contributed by atoms with Crippen LogP contribution >= 0.6 is 11.3 Å². The third kappa shape index (κ3) is 4.22. The van der Waals surface area contributed by atoms with Crippen molar-refractivity contribution in [2.75, 3.05) is 14.2 Å². The van der Waals surface area contributed by atoms with Gasteiger partial charge in [0.05, 0.1) is 41.7 Å². The molecule has 1 atom stereocenters. The predicted molar refractivity (Wildman–Crippen MR) is 141 cm³/mol. The van der Waals surface area contributed by atoms with Crippen molar-refractivity contribution in [2.24, 2.45) is 0 Å². The fourth-order valence-electron chi connectivity index (χ4n) is 4.43. The van der Waals surface area contributed by atoms with Crippen LogP contribution in [0, 0.1) is 6.92 Å². The molecule has 7 heteroatoms. The fraction of sp³-hybridized carbons (Fsp3) is 0.250.